The Balaban J connectivity index is 0.00000306. The fourth-order valence-corrected chi connectivity index (χ4v) is 4.79. The molecule has 0 saturated heterocycles. The molecule has 0 amide bonds. The van der Waals surface area contributed by atoms with Crippen LogP contribution in [0, 0.1) is 19.9 Å². The van der Waals surface area contributed by atoms with E-state index >= 15 is 0 Å². The number of benzene rings is 3. The summed E-state index contributed by atoms with van der Waals surface area (Å²) in [7, 11) is 0. The fourth-order valence-electron chi connectivity index (χ4n) is 4.79. The van der Waals surface area contributed by atoms with Crippen LogP contribution in [0.3, 0.4) is 0 Å². The molecule has 3 heteroatoms. The molecule has 1 fully saturated rings. The molecule has 0 bridgehead atoms. The number of aryl methyl sites for hydroxylation is 2. The minimum atomic E-state index is -0.382. The molecule has 0 spiro atoms. The summed E-state index contributed by atoms with van der Waals surface area (Å²) in [5.74, 6) is 0.869. The van der Waals surface area contributed by atoms with E-state index in [-0.39, 0.29) is 38.7 Å². The molecular weight excluding hydrogens is 481 g/mol. The van der Waals surface area contributed by atoms with Gasteiger partial charge in [0, 0.05) is 38.8 Å². The summed E-state index contributed by atoms with van der Waals surface area (Å²) < 4.78 is 5.12. The van der Waals surface area contributed by atoms with E-state index in [0.29, 0.717) is 18.4 Å². The van der Waals surface area contributed by atoms with Crippen molar-refractivity contribution < 1.29 is 42.2 Å². The minimum absolute atomic E-state index is 0. The van der Waals surface area contributed by atoms with Crippen molar-refractivity contribution in [1.29, 1.82) is 0 Å². The van der Waals surface area contributed by atoms with Crippen LogP contribution < -0.4 is 0 Å². The van der Waals surface area contributed by atoms with Gasteiger partial charge >= 0.3 is 5.97 Å². The second-order valence-corrected chi connectivity index (χ2v) is 8.94. The van der Waals surface area contributed by atoms with Crippen LogP contribution in [0.5, 0.6) is 0 Å². The molecule has 1 aliphatic carbocycles. The maximum absolute atomic E-state index is 11.2. The Labute approximate surface area is 223 Å². The fraction of sp³-hybridized carbons (Fsp3) is 0.300. The molecule has 0 unspecified atom stereocenters. The predicted octanol–water partition coefficient (Wildman–Crippen LogP) is 7.44. The first kappa shape index (κ1) is 25.6. The zero-order valence-electron chi connectivity index (χ0n) is 19.6. The SMILES string of the molecule is C=CC(=O)OCc1ccc(C2CCC(c3ccc(-c4c[c-]c(C)cc4)c(C)c3)CC2)cc1.[Y]. The van der Waals surface area contributed by atoms with Gasteiger partial charge < -0.3 is 4.74 Å². The third kappa shape index (κ3) is 6.52. The molecule has 167 valence electrons. The number of carbonyl (C=O) groups excluding carboxylic acids is 1. The van der Waals surface area contributed by atoms with Crippen molar-refractivity contribution in [3.05, 3.63) is 107 Å². The van der Waals surface area contributed by atoms with Crippen LogP contribution in [-0.4, -0.2) is 5.97 Å². The van der Waals surface area contributed by atoms with Crippen LogP contribution in [0.4, 0.5) is 0 Å². The van der Waals surface area contributed by atoms with Gasteiger partial charge in [-0.3, -0.25) is 0 Å². The molecule has 3 aromatic carbocycles. The summed E-state index contributed by atoms with van der Waals surface area (Å²) in [6.07, 6.45) is 6.07. The summed E-state index contributed by atoms with van der Waals surface area (Å²) >= 11 is 0. The van der Waals surface area contributed by atoms with Crippen molar-refractivity contribution in [2.24, 2.45) is 0 Å². The van der Waals surface area contributed by atoms with Crippen LogP contribution >= 0.6 is 0 Å². The van der Waals surface area contributed by atoms with Gasteiger partial charge in [0.1, 0.15) is 6.61 Å². The zero-order chi connectivity index (χ0) is 22.5. The third-order valence-corrected chi connectivity index (χ3v) is 6.73. The number of hydrogen-bond acceptors (Lipinski definition) is 2. The number of carbonyl (C=O) groups is 1. The maximum Gasteiger partial charge on any atom is 0.330 e. The van der Waals surface area contributed by atoms with E-state index in [4.69, 9.17) is 4.74 Å². The molecule has 0 aliphatic heterocycles. The molecule has 0 N–H and O–H groups in total. The third-order valence-electron chi connectivity index (χ3n) is 6.73. The molecule has 4 rings (SSSR count). The smallest absolute Gasteiger partial charge is 0.330 e. The van der Waals surface area contributed by atoms with Crippen molar-refractivity contribution in [3.63, 3.8) is 0 Å². The Hall–Kier alpha value is -2.03. The van der Waals surface area contributed by atoms with Crippen molar-refractivity contribution >= 4 is 5.97 Å². The van der Waals surface area contributed by atoms with Crippen LogP contribution in [0.1, 0.15) is 65.3 Å². The van der Waals surface area contributed by atoms with Crippen molar-refractivity contribution in [2.45, 2.75) is 58.0 Å². The Kier molecular flexibility index (Phi) is 9.23. The van der Waals surface area contributed by atoms with E-state index < -0.39 is 0 Å². The first-order valence-corrected chi connectivity index (χ1v) is 11.5. The van der Waals surface area contributed by atoms with Crippen LogP contribution in [-0.2, 0) is 48.8 Å². The Bertz CT molecular complexity index is 1080. The summed E-state index contributed by atoms with van der Waals surface area (Å²) in [5, 5.41) is 0. The molecular formula is C30H31O2Y-. The normalized spacial score (nSPS) is 17.6. The molecule has 3 aromatic rings. The maximum atomic E-state index is 11.2. The van der Waals surface area contributed by atoms with Gasteiger partial charge in [0.2, 0.25) is 0 Å². The number of hydrogen-bond donors (Lipinski definition) is 0. The average molecular weight is 512 g/mol. The molecule has 2 nitrogen and oxygen atoms in total. The molecule has 1 saturated carbocycles. The Morgan fingerprint density at radius 3 is 2.18 bits per heavy atom. The average Bonchev–Trinajstić information content (AvgIpc) is 2.83. The molecule has 33 heavy (non-hydrogen) atoms. The van der Waals surface area contributed by atoms with Crippen molar-refractivity contribution in [3.8, 4) is 11.1 Å². The van der Waals surface area contributed by atoms with Gasteiger partial charge in [-0.1, -0.05) is 67.1 Å². The summed E-state index contributed by atoms with van der Waals surface area (Å²) in [5.41, 5.74) is 8.94. The number of ether oxygens (including phenoxy) is 1. The Morgan fingerprint density at radius 1 is 0.970 bits per heavy atom. The van der Waals surface area contributed by atoms with E-state index in [9.17, 15) is 4.79 Å². The van der Waals surface area contributed by atoms with Gasteiger partial charge in [-0.15, -0.1) is 5.56 Å². The largest absolute Gasteiger partial charge is 0.458 e. The second-order valence-electron chi connectivity index (χ2n) is 8.94. The van der Waals surface area contributed by atoms with E-state index in [2.05, 4.69) is 87.2 Å². The van der Waals surface area contributed by atoms with Gasteiger partial charge in [0.05, 0.1) is 0 Å². The standard InChI is InChI=1S/C30H31O2.Y/c1-4-30(31)32-20-23-7-11-24(12-8-23)25-13-15-26(16-14-25)28-17-18-29(22(3)19-28)27-9-5-21(2)6-10-27;/h4-5,7-12,17-19,25-26H,1,13-16,20H2,2-3H3;/q-1;. The quantitative estimate of drug-likeness (QED) is 0.195. The van der Waals surface area contributed by atoms with Gasteiger partial charge in [-0.25, -0.2) is 4.79 Å². The molecule has 0 atom stereocenters. The van der Waals surface area contributed by atoms with E-state index in [1.165, 1.54) is 65.1 Å². The van der Waals surface area contributed by atoms with E-state index in [1.54, 1.807) is 0 Å². The van der Waals surface area contributed by atoms with Crippen LogP contribution in [0.15, 0.2) is 73.3 Å². The monoisotopic (exact) mass is 512 g/mol. The summed E-state index contributed by atoms with van der Waals surface area (Å²) in [6, 6.07) is 25.3. The van der Waals surface area contributed by atoms with Gasteiger partial charge in [-0.2, -0.15) is 29.8 Å². The van der Waals surface area contributed by atoms with Gasteiger partial charge in [0.15, 0.2) is 0 Å². The zero-order valence-corrected chi connectivity index (χ0v) is 22.5. The summed E-state index contributed by atoms with van der Waals surface area (Å²) in [6.45, 7) is 8.02. The molecule has 0 aromatic heterocycles. The van der Waals surface area contributed by atoms with Crippen LogP contribution in [0.2, 0.25) is 0 Å². The minimum Gasteiger partial charge on any atom is -0.458 e. The van der Waals surface area contributed by atoms with Crippen LogP contribution in [0.25, 0.3) is 11.1 Å². The Morgan fingerprint density at radius 2 is 1.61 bits per heavy atom. The first-order valence-electron chi connectivity index (χ1n) is 11.5. The molecule has 1 radical (unpaired) electrons. The van der Waals surface area contributed by atoms with Crippen molar-refractivity contribution in [2.75, 3.05) is 0 Å². The molecule has 1 aliphatic rings. The predicted molar refractivity (Wildman–Crippen MR) is 131 cm³/mol. The number of esters is 1. The van der Waals surface area contributed by atoms with Gasteiger partial charge in [-0.05, 0) is 61.1 Å². The molecule has 0 heterocycles. The van der Waals surface area contributed by atoms with Crippen molar-refractivity contribution in [1.82, 2.24) is 0 Å². The van der Waals surface area contributed by atoms with E-state index in [0.717, 1.165) is 5.56 Å². The van der Waals surface area contributed by atoms with Gasteiger partial charge in [0.25, 0.3) is 0 Å². The topological polar surface area (TPSA) is 26.3 Å². The second kappa shape index (κ2) is 11.9. The summed E-state index contributed by atoms with van der Waals surface area (Å²) in [4.78, 5) is 11.2. The van der Waals surface area contributed by atoms with E-state index in [1.807, 2.05) is 0 Å². The number of rotatable bonds is 6. The first-order chi connectivity index (χ1) is 15.5.